The zero-order chi connectivity index (χ0) is 24.7. The summed E-state index contributed by atoms with van der Waals surface area (Å²) in [7, 11) is 0. The number of aliphatic hydroxyl groups is 1. The Kier molecular flexibility index (Phi) is 7.06. The second kappa shape index (κ2) is 10.1. The van der Waals surface area contributed by atoms with E-state index in [0.717, 1.165) is 12.1 Å². The van der Waals surface area contributed by atoms with Gasteiger partial charge in [-0.05, 0) is 41.5 Å². The first-order valence-corrected chi connectivity index (χ1v) is 9.90. The lowest BCUT2D eigenvalue weighted by atomic mass is 9.85. The van der Waals surface area contributed by atoms with E-state index in [9.17, 15) is 35.5 Å². The monoisotopic (exact) mass is 457 g/mol. The Hall–Kier alpha value is -4.94. The van der Waals surface area contributed by atoms with Gasteiger partial charge in [0, 0.05) is 17.7 Å². The van der Waals surface area contributed by atoms with Crippen LogP contribution in [0.25, 0.3) is 6.08 Å². The van der Waals surface area contributed by atoms with Crippen molar-refractivity contribution >= 4 is 17.7 Å². The van der Waals surface area contributed by atoms with Crippen molar-refractivity contribution in [2.24, 2.45) is 0 Å². The fourth-order valence-electron chi connectivity index (χ4n) is 3.14. The molecule has 3 rings (SSSR count). The predicted octanol–water partition coefficient (Wildman–Crippen LogP) is 3.48. The van der Waals surface area contributed by atoms with E-state index < -0.39 is 27.9 Å². The molecule has 0 aliphatic heterocycles. The number of carbonyl (C=O) groups is 1. The zero-order valence-electron chi connectivity index (χ0n) is 17.6. The quantitative estimate of drug-likeness (QED) is 0.139. The number of allylic oxidation sites excluding steroid dienone is 3. The van der Waals surface area contributed by atoms with Gasteiger partial charge in [0.2, 0.25) is 0 Å². The van der Waals surface area contributed by atoms with Crippen molar-refractivity contribution in [3.05, 3.63) is 117 Å². The molecule has 0 saturated carbocycles. The van der Waals surface area contributed by atoms with E-state index in [1.165, 1.54) is 54.6 Å². The fraction of sp³-hybridized carbons (Fsp3) is 0.0400. The van der Waals surface area contributed by atoms with E-state index in [-0.39, 0.29) is 22.5 Å². The van der Waals surface area contributed by atoms with Crippen LogP contribution in [0.3, 0.4) is 0 Å². The third kappa shape index (κ3) is 5.09. The van der Waals surface area contributed by atoms with E-state index in [1.807, 2.05) is 6.07 Å². The summed E-state index contributed by atoms with van der Waals surface area (Å²) in [6.07, 6.45) is 4.35. The largest absolute Gasteiger partial charge is 0.504 e. The molecule has 0 saturated heterocycles. The van der Waals surface area contributed by atoms with Crippen molar-refractivity contribution in [1.29, 1.82) is 5.26 Å². The molecule has 0 radical (unpaired) electrons. The molecule has 9 nitrogen and oxygen atoms in total. The standard InChI is InChI=1S/C25H19N3O6/c26-16-20(8-4-5-17-9-12-21(13-10-17)28(33)34)27-24(31)25(32,18-6-2-1-3-7-18)19-11-14-22(29)23(30)15-19/h1-15,29-30,32H,(H,27,31)/b5-4+,20-8+. The number of hydrogen-bond donors (Lipinski definition) is 4. The fourth-order valence-corrected chi connectivity index (χ4v) is 3.14. The van der Waals surface area contributed by atoms with Crippen molar-refractivity contribution < 1.29 is 25.0 Å². The van der Waals surface area contributed by atoms with Gasteiger partial charge in [-0.3, -0.25) is 14.9 Å². The third-order valence-electron chi connectivity index (χ3n) is 4.94. The Morgan fingerprint density at radius 1 is 1.00 bits per heavy atom. The first-order chi connectivity index (χ1) is 16.3. The summed E-state index contributed by atoms with van der Waals surface area (Å²) in [5.74, 6) is -1.91. The van der Waals surface area contributed by atoms with Gasteiger partial charge in [-0.25, -0.2) is 0 Å². The molecule has 4 N–H and O–H groups in total. The van der Waals surface area contributed by atoms with E-state index in [1.54, 1.807) is 24.3 Å². The van der Waals surface area contributed by atoms with Gasteiger partial charge < -0.3 is 20.6 Å². The molecular formula is C25H19N3O6. The van der Waals surface area contributed by atoms with Crippen LogP contribution >= 0.6 is 0 Å². The number of rotatable bonds is 7. The summed E-state index contributed by atoms with van der Waals surface area (Å²) >= 11 is 0. The molecule has 0 aliphatic rings. The van der Waals surface area contributed by atoms with E-state index in [4.69, 9.17) is 0 Å². The summed E-state index contributed by atoms with van der Waals surface area (Å²) in [6, 6.07) is 19.0. The zero-order valence-corrected chi connectivity index (χ0v) is 17.6. The third-order valence-corrected chi connectivity index (χ3v) is 4.94. The summed E-state index contributed by atoms with van der Waals surface area (Å²) in [6.45, 7) is 0. The van der Waals surface area contributed by atoms with Gasteiger partial charge in [0.05, 0.1) is 4.92 Å². The molecule has 3 aromatic rings. The minimum atomic E-state index is -2.29. The maximum atomic E-state index is 13.2. The number of hydrogen-bond acceptors (Lipinski definition) is 7. The predicted molar refractivity (Wildman–Crippen MR) is 123 cm³/mol. The number of phenolic OH excluding ortho intramolecular Hbond substituents is 2. The van der Waals surface area contributed by atoms with Crippen molar-refractivity contribution in [2.75, 3.05) is 0 Å². The highest BCUT2D eigenvalue weighted by Crippen LogP contribution is 2.35. The molecular weight excluding hydrogens is 438 g/mol. The Labute approximate surface area is 194 Å². The molecule has 0 spiro atoms. The van der Waals surface area contributed by atoms with Gasteiger partial charge in [-0.1, -0.05) is 48.6 Å². The molecule has 0 aliphatic carbocycles. The van der Waals surface area contributed by atoms with Gasteiger partial charge in [-0.2, -0.15) is 5.26 Å². The highest BCUT2D eigenvalue weighted by molar-refractivity contribution is 5.92. The molecule has 0 fully saturated rings. The van der Waals surface area contributed by atoms with Crippen LogP contribution in [0, 0.1) is 21.4 Å². The number of carbonyl (C=O) groups excluding carboxylic acids is 1. The SMILES string of the molecule is N#C/C(=C\C=C\c1ccc([N+](=O)[O-])cc1)NC(=O)C(O)(c1ccccc1)c1ccc(O)c(O)c1. The number of amides is 1. The topological polar surface area (TPSA) is 157 Å². The van der Waals surface area contributed by atoms with Crippen LogP contribution < -0.4 is 5.32 Å². The van der Waals surface area contributed by atoms with E-state index in [2.05, 4.69) is 5.32 Å². The summed E-state index contributed by atoms with van der Waals surface area (Å²) < 4.78 is 0. The van der Waals surface area contributed by atoms with Crippen LogP contribution in [0.4, 0.5) is 5.69 Å². The number of phenols is 2. The first-order valence-electron chi connectivity index (χ1n) is 9.90. The van der Waals surface area contributed by atoms with Crippen molar-refractivity contribution in [3.63, 3.8) is 0 Å². The van der Waals surface area contributed by atoms with E-state index in [0.29, 0.717) is 5.56 Å². The lowest BCUT2D eigenvalue weighted by Gasteiger charge is -2.28. The number of nitrogens with one attached hydrogen (secondary N) is 1. The number of nitriles is 1. The Morgan fingerprint density at radius 2 is 1.68 bits per heavy atom. The number of non-ortho nitro benzene ring substituents is 1. The number of nitro benzene ring substituents is 1. The summed E-state index contributed by atoms with van der Waals surface area (Å²) in [5.41, 5.74) is -1.74. The molecule has 0 heterocycles. The molecule has 1 unspecified atom stereocenters. The molecule has 34 heavy (non-hydrogen) atoms. The number of benzene rings is 3. The molecule has 0 aromatic heterocycles. The normalized spacial score (nSPS) is 13.1. The van der Waals surface area contributed by atoms with Crippen LogP contribution in [0.2, 0.25) is 0 Å². The van der Waals surface area contributed by atoms with E-state index >= 15 is 0 Å². The van der Waals surface area contributed by atoms with Crippen LogP contribution in [0.15, 0.2) is 90.6 Å². The Bertz CT molecular complexity index is 1310. The average Bonchev–Trinajstić information content (AvgIpc) is 2.85. The average molecular weight is 457 g/mol. The lowest BCUT2D eigenvalue weighted by Crippen LogP contribution is -2.44. The first kappa shape index (κ1) is 23.7. The van der Waals surface area contributed by atoms with Gasteiger partial charge in [0.1, 0.15) is 11.8 Å². The molecule has 170 valence electrons. The molecule has 1 amide bonds. The summed E-state index contributed by atoms with van der Waals surface area (Å²) in [4.78, 5) is 23.4. The van der Waals surface area contributed by atoms with Crippen molar-refractivity contribution in [2.45, 2.75) is 5.60 Å². The van der Waals surface area contributed by atoms with Crippen LogP contribution in [0.1, 0.15) is 16.7 Å². The minimum absolute atomic E-state index is 0.0230. The lowest BCUT2D eigenvalue weighted by molar-refractivity contribution is -0.384. The molecule has 9 heteroatoms. The second-order valence-corrected chi connectivity index (χ2v) is 7.13. The van der Waals surface area contributed by atoms with Crippen molar-refractivity contribution in [3.8, 4) is 17.6 Å². The number of nitrogens with zero attached hydrogens (tertiary/aromatic N) is 2. The molecule has 3 aromatic carbocycles. The number of aromatic hydroxyl groups is 2. The Morgan fingerprint density at radius 3 is 2.26 bits per heavy atom. The molecule has 1 atom stereocenters. The van der Waals surface area contributed by atoms with Crippen LogP contribution in [0.5, 0.6) is 11.5 Å². The van der Waals surface area contributed by atoms with Crippen LogP contribution in [-0.4, -0.2) is 26.2 Å². The molecule has 0 bridgehead atoms. The van der Waals surface area contributed by atoms with Gasteiger partial charge in [0.25, 0.3) is 11.6 Å². The van der Waals surface area contributed by atoms with Crippen molar-refractivity contribution in [1.82, 2.24) is 5.32 Å². The maximum Gasteiger partial charge on any atom is 0.269 e. The minimum Gasteiger partial charge on any atom is -0.504 e. The number of nitro groups is 1. The highest BCUT2D eigenvalue weighted by Gasteiger charge is 2.40. The van der Waals surface area contributed by atoms with Gasteiger partial charge in [-0.15, -0.1) is 0 Å². The highest BCUT2D eigenvalue weighted by atomic mass is 16.6. The van der Waals surface area contributed by atoms with Gasteiger partial charge in [0.15, 0.2) is 17.1 Å². The second-order valence-electron chi connectivity index (χ2n) is 7.13. The Balaban J connectivity index is 1.89. The smallest absolute Gasteiger partial charge is 0.269 e. The van der Waals surface area contributed by atoms with Crippen LogP contribution in [-0.2, 0) is 10.4 Å². The van der Waals surface area contributed by atoms with Gasteiger partial charge >= 0.3 is 0 Å². The summed E-state index contributed by atoms with van der Waals surface area (Å²) in [5, 5.41) is 53.5. The maximum absolute atomic E-state index is 13.2.